The average molecular weight is 306 g/mol. The van der Waals surface area contributed by atoms with Gasteiger partial charge < -0.3 is 24.0 Å². The molecule has 7 heteroatoms. The van der Waals surface area contributed by atoms with Crippen molar-refractivity contribution < 1.29 is 23.8 Å². The van der Waals surface area contributed by atoms with Crippen LogP contribution in [-0.4, -0.2) is 56.4 Å². The second-order valence-corrected chi connectivity index (χ2v) is 5.22. The molecule has 2 heterocycles. The minimum absolute atomic E-state index is 0.0123. The Hall–Kier alpha value is -2.28. The van der Waals surface area contributed by atoms with Crippen molar-refractivity contribution >= 4 is 17.5 Å². The van der Waals surface area contributed by atoms with E-state index >= 15 is 0 Å². The van der Waals surface area contributed by atoms with Crippen molar-refractivity contribution in [2.45, 2.75) is 13.0 Å². The van der Waals surface area contributed by atoms with E-state index in [2.05, 4.69) is 0 Å². The van der Waals surface area contributed by atoms with Crippen molar-refractivity contribution in [2.75, 3.05) is 38.5 Å². The molecule has 1 atom stereocenters. The Bertz CT molecular complexity index is 604. The van der Waals surface area contributed by atoms with Gasteiger partial charge in [-0.2, -0.15) is 0 Å². The number of carbonyl (C=O) groups is 2. The molecule has 0 unspecified atom stereocenters. The Morgan fingerprint density at radius 3 is 2.86 bits per heavy atom. The SMILES string of the molecule is COCC(=O)N1CCN(c2ccc3c(c2)OCO3)C(=O)[C@H]1C. The number of carbonyl (C=O) groups excluding carboxylic acids is 2. The fourth-order valence-electron chi connectivity index (χ4n) is 2.73. The van der Waals surface area contributed by atoms with Crippen LogP contribution < -0.4 is 14.4 Å². The number of hydrogen-bond donors (Lipinski definition) is 0. The number of rotatable bonds is 3. The van der Waals surface area contributed by atoms with Crippen LogP contribution in [0.1, 0.15) is 6.92 Å². The third-order valence-electron chi connectivity index (χ3n) is 3.91. The Kier molecular flexibility index (Phi) is 3.89. The standard InChI is InChI=1S/C15H18N2O5/c1-10-15(19)17(6-5-16(10)14(18)8-20-2)11-3-4-12-13(7-11)22-9-21-12/h3-4,7,10H,5-6,8-9H2,1-2H3/t10-/m1/s1. The fraction of sp³-hybridized carbons (Fsp3) is 0.467. The number of piperazine rings is 1. The number of fused-ring (bicyclic) bond motifs is 1. The number of amides is 2. The van der Waals surface area contributed by atoms with Crippen molar-refractivity contribution in [3.8, 4) is 11.5 Å². The molecule has 1 saturated heterocycles. The fourth-order valence-corrected chi connectivity index (χ4v) is 2.73. The van der Waals surface area contributed by atoms with Gasteiger partial charge in [0.1, 0.15) is 12.6 Å². The highest BCUT2D eigenvalue weighted by Gasteiger charge is 2.35. The van der Waals surface area contributed by atoms with Crippen LogP contribution >= 0.6 is 0 Å². The zero-order valence-electron chi connectivity index (χ0n) is 12.6. The summed E-state index contributed by atoms with van der Waals surface area (Å²) in [6.07, 6.45) is 0. The van der Waals surface area contributed by atoms with Crippen LogP contribution in [0, 0.1) is 0 Å². The summed E-state index contributed by atoms with van der Waals surface area (Å²) < 4.78 is 15.5. The van der Waals surface area contributed by atoms with E-state index in [-0.39, 0.29) is 25.2 Å². The molecule has 0 aromatic heterocycles. The van der Waals surface area contributed by atoms with Crippen LogP contribution in [0.25, 0.3) is 0 Å². The average Bonchev–Trinajstić information content (AvgIpc) is 2.97. The first-order valence-corrected chi connectivity index (χ1v) is 7.11. The molecular formula is C15H18N2O5. The van der Waals surface area contributed by atoms with Crippen LogP contribution in [0.3, 0.4) is 0 Å². The molecule has 1 fully saturated rings. The Morgan fingerprint density at radius 2 is 2.09 bits per heavy atom. The van der Waals surface area contributed by atoms with Crippen LogP contribution in [0.5, 0.6) is 11.5 Å². The zero-order valence-corrected chi connectivity index (χ0v) is 12.6. The molecule has 3 rings (SSSR count). The van der Waals surface area contributed by atoms with E-state index < -0.39 is 6.04 Å². The monoisotopic (exact) mass is 306 g/mol. The minimum Gasteiger partial charge on any atom is -0.454 e. The first kappa shape index (κ1) is 14.6. The summed E-state index contributed by atoms with van der Waals surface area (Å²) in [6.45, 7) is 2.83. The molecule has 1 aromatic rings. The van der Waals surface area contributed by atoms with Gasteiger partial charge in [0.25, 0.3) is 0 Å². The first-order valence-electron chi connectivity index (χ1n) is 7.11. The highest BCUT2D eigenvalue weighted by atomic mass is 16.7. The summed E-state index contributed by atoms with van der Waals surface area (Å²) in [4.78, 5) is 27.7. The van der Waals surface area contributed by atoms with Gasteiger partial charge in [-0.1, -0.05) is 0 Å². The lowest BCUT2D eigenvalue weighted by Crippen LogP contribution is -2.58. The largest absolute Gasteiger partial charge is 0.454 e. The molecule has 0 bridgehead atoms. The summed E-state index contributed by atoms with van der Waals surface area (Å²) in [5.41, 5.74) is 0.750. The summed E-state index contributed by atoms with van der Waals surface area (Å²) in [5.74, 6) is 1.03. The van der Waals surface area contributed by atoms with Crippen LogP contribution in [0.2, 0.25) is 0 Å². The van der Waals surface area contributed by atoms with Crippen LogP contribution in [0.4, 0.5) is 5.69 Å². The molecule has 0 saturated carbocycles. The molecule has 0 spiro atoms. The number of benzene rings is 1. The van der Waals surface area contributed by atoms with E-state index in [1.165, 1.54) is 7.11 Å². The normalized spacial score (nSPS) is 20.5. The summed E-state index contributed by atoms with van der Waals surface area (Å²) >= 11 is 0. The second-order valence-electron chi connectivity index (χ2n) is 5.22. The molecule has 7 nitrogen and oxygen atoms in total. The predicted octanol–water partition coefficient (Wildman–Crippen LogP) is 0.625. The van der Waals surface area contributed by atoms with Gasteiger partial charge in [-0.05, 0) is 19.1 Å². The minimum atomic E-state index is -0.512. The molecule has 118 valence electrons. The molecule has 0 N–H and O–H groups in total. The smallest absolute Gasteiger partial charge is 0.249 e. The lowest BCUT2D eigenvalue weighted by Gasteiger charge is -2.39. The number of nitrogens with zero attached hydrogens (tertiary/aromatic N) is 2. The number of hydrogen-bond acceptors (Lipinski definition) is 5. The van der Waals surface area contributed by atoms with Gasteiger partial charge in [0, 0.05) is 32.0 Å². The maximum absolute atomic E-state index is 12.6. The van der Waals surface area contributed by atoms with Crippen molar-refractivity contribution in [3.63, 3.8) is 0 Å². The van der Waals surface area contributed by atoms with Gasteiger partial charge in [0.05, 0.1) is 0 Å². The molecule has 1 aromatic carbocycles. The van der Waals surface area contributed by atoms with Crippen molar-refractivity contribution in [1.29, 1.82) is 0 Å². The van der Waals surface area contributed by atoms with Gasteiger partial charge in [0.15, 0.2) is 11.5 Å². The van der Waals surface area contributed by atoms with E-state index in [4.69, 9.17) is 14.2 Å². The molecule has 2 amide bonds. The van der Waals surface area contributed by atoms with Crippen molar-refractivity contribution in [2.24, 2.45) is 0 Å². The molecule has 0 aliphatic carbocycles. The number of ether oxygens (including phenoxy) is 3. The highest BCUT2D eigenvalue weighted by Crippen LogP contribution is 2.36. The third-order valence-corrected chi connectivity index (χ3v) is 3.91. The molecule has 2 aliphatic rings. The first-order chi connectivity index (χ1) is 10.6. The third kappa shape index (κ3) is 2.48. The van der Waals surface area contributed by atoms with Gasteiger partial charge in [-0.25, -0.2) is 0 Å². The molecule has 22 heavy (non-hydrogen) atoms. The quantitative estimate of drug-likeness (QED) is 0.819. The summed E-state index contributed by atoms with van der Waals surface area (Å²) in [5, 5.41) is 0. The Labute approximate surface area is 128 Å². The summed E-state index contributed by atoms with van der Waals surface area (Å²) in [7, 11) is 1.47. The van der Waals surface area contributed by atoms with E-state index in [1.54, 1.807) is 28.9 Å². The number of anilines is 1. The van der Waals surface area contributed by atoms with E-state index in [1.807, 2.05) is 6.07 Å². The van der Waals surface area contributed by atoms with Gasteiger partial charge in [0.2, 0.25) is 18.6 Å². The maximum Gasteiger partial charge on any atom is 0.249 e. The lowest BCUT2D eigenvalue weighted by molar-refractivity contribution is -0.143. The van der Waals surface area contributed by atoms with Crippen molar-refractivity contribution in [1.82, 2.24) is 4.90 Å². The van der Waals surface area contributed by atoms with Crippen LogP contribution in [-0.2, 0) is 14.3 Å². The second kappa shape index (κ2) is 5.84. The maximum atomic E-state index is 12.6. The molecule has 2 aliphatic heterocycles. The topological polar surface area (TPSA) is 68.3 Å². The van der Waals surface area contributed by atoms with Crippen LogP contribution in [0.15, 0.2) is 18.2 Å². The highest BCUT2D eigenvalue weighted by molar-refractivity contribution is 6.00. The van der Waals surface area contributed by atoms with Crippen molar-refractivity contribution in [3.05, 3.63) is 18.2 Å². The van der Waals surface area contributed by atoms with E-state index in [0.717, 1.165) is 5.69 Å². The molecule has 0 radical (unpaired) electrons. The van der Waals surface area contributed by atoms with Gasteiger partial charge in [-0.15, -0.1) is 0 Å². The van der Waals surface area contributed by atoms with E-state index in [0.29, 0.717) is 24.6 Å². The Balaban J connectivity index is 1.77. The predicted molar refractivity (Wildman–Crippen MR) is 78.0 cm³/mol. The summed E-state index contributed by atoms with van der Waals surface area (Å²) in [6, 6.07) is 4.89. The zero-order chi connectivity index (χ0) is 15.7. The number of methoxy groups -OCH3 is 1. The van der Waals surface area contributed by atoms with Gasteiger partial charge in [-0.3, -0.25) is 9.59 Å². The van der Waals surface area contributed by atoms with E-state index in [9.17, 15) is 9.59 Å². The van der Waals surface area contributed by atoms with Gasteiger partial charge >= 0.3 is 0 Å². The molecular weight excluding hydrogens is 288 g/mol. The Morgan fingerprint density at radius 1 is 1.32 bits per heavy atom. The lowest BCUT2D eigenvalue weighted by atomic mass is 10.1.